The number of rotatable bonds is 4. The van der Waals surface area contributed by atoms with E-state index in [1.165, 1.54) is 18.0 Å². The molecule has 1 amide bonds. The highest BCUT2D eigenvalue weighted by atomic mass is 32.2. The largest absolute Gasteiger partial charge is 0.479 e. The molecule has 1 fully saturated rings. The van der Waals surface area contributed by atoms with Crippen molar-refractivity contribution in [3.8, 4) is 5.69 Å². The number of thioether (sulfide) groups is 1. The zero-order chi connectivity index (χ0) is 15.6. The fourth-order valence-corrected chi connectivity index (χ4v) is 3.66. The predicted molar refractivity (Wildman–Crippen MR) is 83.3 cm³/mol. The summed E-state index contributed by atoms with van der Waals surface area (Å²) < 4.78 is 1.59. The van der Waals surface area contributed by atoms with Crippen molar-refractivity contribution in [1.82, 2.24) is 15.1 Å². The lowest BCUT2D eigenvalue weighted by Gasteiger charge is -2.24. The van der Waals surface area contributed by atoms with Gasteiger partial charge in [-0.2, -0.15) is 16.9 Å². The Morgan fingerprint density at radius 1 is 1.32 bits per heavy atom. The van der Waals surface area contributed by atoms with E-state index in [1.54, 1.807) is 10.9 Å². The highest BCUT2D eigenvalue weighted by molar-refractivity contribution is 7.99. The number of aromatic nitrogens is 2. The van der Waals surface area contributed by atoms with Crippen LogP contribution >= 0.6 is 11.8 Å². The molecule has 22 heavy (non-hydrogen) atoms. The van der Waals surface area contributed by atoms with Crippen LogP contribution in [0.3, 0.4) is 0 Å². The van der Waals surface area contributed by atoms with E-state index in [9.17, 15) is 14.7 Å². The summed E-state index contributed by atoms with van der Waals surface area (Å²) in [6.45, 7) is 0. The van der Waals surface area contributed by atoms with E-state index >= 15 is 0 Å². The van der Waals surface area contributed by atoms with Crippen LogP contribution in [-0.2, 0) is 4.79 Å². The zero-order valence-electron chi connectivity index (χ0n) is 11.7. The number of carbonyl (C=O) groups is 2. The third-order valence-electron chi connectivity index (χ3n) is 3.65. The molecule has 7 heteroatoms. The molecule has 2 aromatic rings. The van der Waals surface area contributed by atoms with Crippen molar-refractivity contribution in [1.29, 1.82) is 0 Å². The quantitative estimate of drug-likeness (QED) is 0.894. The van der Waals surface area contributed by atoms with Crippen LogP contribution in [0, 0.1) is 0 Å². The Morgan fingerprint density at radius 3 is 2.73 bits per heavy atom. The maximum Gasteiger partial charge on any atom is 0.330 e. The number of hydrogen-bond acceptors (Lipinski definition) is 4. The Labute approximate surface area is 131 Å². The summed E-state index contributed by atoms with van der Waals surface area (Å²) in [7, 11) is 0. The van der Waals surface area contributed by atoms with Crippen LogP contribution in [-0.4, -0.2) is 43.8 Å². The molecule has 3 rings (SSSR count). The molecule has 1 aliphatic heterocycles. The Hall–Kier alpha value is -2.28. The summed E-state index contributed by atoms with van der Waals surface area (Å²) in [5.74, 6) is -0.273. The highest BCUT2D eigenvalue weighted by Crippen LogP contribution is 2.28. The standard InChI is InChI=1S/C15H15N3O3S/c19-13(17-15(14(20)21)6-7-22-10-15)11-8-16-18(9-11)12-4-2-1-3-5-12/h1-5,8-9H,6-7,10H2,(H,17,19)(H,20,21). The molecule has 2 heterocycles. The monoisotopic (exact) mass is 317 g/mol. The fraction of sp³-hybridized carbons (Fsp3) is 0.267. The van der Waals surface area contributed by atoms with E-state index in [2.05, 4.69) is 10.4 Å². The number of hydrogen-bond donors (Lipinski definition) is 2. The molecular weight excluding hydrogens is 302 g/mol. The molecule has 114 valence electrons. The molecule has 1 atom stereocenters. The van der Waals surface area contributed by atoms with E-state index in [0.29, 0.717) is 17.7 Å². The van der Waals surface area contributed by atoms with Gasteiger partial charge < -0.3 is 10.4 Å². The molecule has 2 N–H and O–H groups in total. The number of carbonyl (C=O) groups excluding carboxylic acids is 1. The van der Waals surface area contributed by atoms with Crippen molar-refractivity contribution in [2.24, 2.45) is 0 Å². The second kappa shape index (κ2) is 5.84. The normalized spacial score (nSPS) is 20.7. The van der Waals surface area contributed by atoms with E-state index in [0.717, 1.165) is 11.4 Å². The molecule has 6 nitrogen and oxygen atoms in total. The zero-order valence-corrected chi connectivity index (χ0v) is 12.5. The molecule has 1 aromatic carbocycles. The van der Waals surface area contributed by atoms with Gasteiger partial charge in [-0.25, -0.2) is 9.48 Å². The number of carboxylic acids is 1. The highest BCUT2D eigenvalue weighted by Gasteiger charge is 2.43. The van der Waals surface area contributed by atoms with Crippen molar-refractivity contribution in [2.45, 2.75) is 12.0 Å². The lowest BCUT2D eigenvalue weighted by Crippen LogP contribution is -2.54. The first-order valence-electron chi connectivity index (χ1n) is 6.84. The van der Waals surface area contributed by atoms with Crippen LogP contribution in [0.2, 0.25) is 0 Å². The summed E-state index contributed by atoms with van der Waals surface area (Å²) in [5, 5.41) is 16.2. The summed E-state index contributed by atoms with van der Waals surface area (Å²) in [6, 6.07) is 9.41. The average molecular weight is 317 g/mol. The van der Waals surface area contributed by atoms with Crippen molar-refractivity contribution in [2.75, 3.05) is 11.5 Å². The van der Waals surface area contributed by atoms with Gasteiger partial charge in [0, 0.05) is 11.9 Å². The van der Waals surface area contributed by atoms with E-state index in [4.69, 9.17) is 0 Å². The number of benzene rings is 1. The number of nitrogens with zero attached hydrogens (tertiary/aromatic N) is 2. The molecule has 1 aliphatic rings. The molecule has 1 unspecified atom stereocenters. The maximum absolute atomic E-state index is 12.3. The Morgan fingerprint density at radius 2 is 2.09 bits per heavy atom. The maximum atomic E-state index is 12.3. The van der Waals surface area contributed by atoms with E-state index < -0.39 is 17.4 Å². The van der Waals surface area contributed by atoms with Crippen molar-refractivity contribution in [3.05, 3.63) is 48.3 Å². The molecule has 0 bridgehead atoms. The van der Waals surface area contributed by atoms with Gasteiger partial charge in [-0.05, 0) is 24.3 Å². The first-order valence-corrected chi connectivity index (χ1v) is 8.00. The minimum atomic E-state index is -1.17. The number of carboxylic acid groups (broad SMARTS) is 1. The summed E-state index contributed by atoms with van der Waals surface area (Å²) in [4.78, 5) is 23.8. The second-order valence-electron chi connectivity index (χ2n) is 5.15. The third kappa shape index (κ3) is 2.71. The van der Waals surface area contributed by atoms with Gasteiger partial charge in [-0.15, -0.1) is 0 Å². The van der Waals surface area contributed by atoms with Crippen LogP contribution in [0.25, 0.3) is 5.69 Å². The van der Waals surface area contributed by atoms with Crippen molar-refractivity contribution >= 4 is 23.6 Å². The molecular formula is C15H15N3O3S. The minimum absolute atomic E-state index is 0.348. The fourth-order valence-electron chi connectivity index (χ4n) is 2.34. The van der Waals surface area contributed by atoms with Crippen LogP contribution in [0.5, 0.6) is 0 Å². The molecule has 0 saturated carbocycles. The van der Waals surface area contributed by atoms with E-state index in [1.807, 2.05) is 30.3 Å². The SMILES string of the molecule is O=C(NC1(C(=O)O)CCSC1)c1cnn(-c2ccccc2)c1. The van der Waals surface area contributed by atoms with Crippen LogP contribution < -0.4 is 5.32 Å². The Balaban J connectivity index is 1.79. The first kappa shape index (κ1) is 14.6. The van der Waals surface area contributed by atoms with Crippen LogP contribution in [0.15, 0.2) is 42.7 Å². The minimum Gasteiger partial charge on any atom is -0.479 e. The van der Waals surface area contributed by atoms with Gasteiger partial charge in [0.15, 0.2) is 0 Å². The topological polar surface area (TPSA) is 84.2 Å². The van der Waals surface area contributed by atoms with Crippen molar-refractivity contribution in [3.63, 3.8) is 0 Å². The molecule has 0 aliphatic carbocycles. The number of nitrogens with one attached hydrogen (secondary N) is 1. The van der Waals surface area contributed by atoms with Gasteiger partial charge in [-0.3, -0.25) is 4.79 Å². The molecule has 0 radical (unpaired) electrons. The van der Waals surface area contributed by atoms with Gasteiger partial charge >= 0.3 is 5.97 Å². The predicted octanol–water partition coefficient (Wildman–Crippen LogP) is 1.56. The smallest absolute Gasteiger partial charge is 0.330 e. The van der Waals surface area contributed by atoms with Gasteiger partial charge in [0.2, 0.25) is 0 Å². The molecule has 0 spiro atoms. The van der Waals surface area contributed by atoms with E-state index in [-0.39, 0.29) is 0 Å². The van der Waals surface area contributed by atoms with Crippen LogP contribution in [0.1, 0.15) is 16.8 Å². The molecule has 1 aromatic heterocycles. The van der Waals surface area contributed by atoms with Gasteiger partial charge in [-0.1, -0.05) is 18.2 Å². The summed E-state index contributed by atoms with van der Waals surface area (Å²) >= 11 is 1.53. The Bertz CT molecular complexity index is 693. The summed E-state index contributed by atoms with van der Waals surface area (Å²) in [5.41, 5.74) is 0.0173. The lowest BCUT2D eigenvalue weighted by molar-refractivity contribution is -0.143. The second-order valence-corrected chi connectivity index (χ2v) is 6.26. The molecule has 1 saturated heterocycles. The third-order valence-corrected chi connectivity index (χ3v) is 4.84. The van der Waals surface area contributed by atoms with Gasteiger partial charge in [0.25, 0.3) is 5.91 Å². The van der Waals surface area contributed by atoms with Gasteiger partial charge in [0.1, 0.15) is 5.54 Å². The average Bonchev–Trinajstić information content (AvgIpc) is 3.18. The van der Waals surface area contributed by atoms with Crippen LogP contribution in [0.4, 0.5) is 0 Å². The number of aliphatic carboxylic acids is 1. The number of para-hydroxylation sites is 1. The lowest BCUT2D eigenvalue weighted by atomic mass is 9.99. The first-order chi connectivity index (χ1) is 10.6. The summed E-state index contributed by atoms with van der Waals surface area (Å²) in [6.07, 6.45) is 3.48. The Kier molecular flexibility index (Phi) is 3.89. The van der Waals surface area contributed by atoms with Gasteiger partial charge in [0.05, 0.1) is 17.4 Å². The van der Waals surface area contributed by atoms with Crippen molar-refractivity contribution < 1.29 is 14.7 Å². The number of amides is 1.